The minimum Gasteiger partial charge on any atom is -0.332 e. The van der Waals surface area contributed by atoms with E-state index in [2.05, 4.69) is 19.4 Å². The van der Waals surface area contributed by atoms with Crippen LogP contribution >= 0.6 is 23.9 Å². The van der Waals surface area contributed by atoms with Gasteiger partial charge in [-0.3, -0.25) is 14.5 Å². The molecule has 5 aromatic rings. The van der Waals surface area contributed by atoms with Crippen molar-refractivity contribution in [2.45, 2.75) is 0 Å². The van der Waals surface area contributed by atoms with Crippen LogP contribution in [0.3, 0.4) is 0 Å². The van der Waals surface area contributed by atoms with Crippen molar-refractivity contribution in [1.82, 2.24) is 18.5 Å². The Morgan fingerprint density at radius 1 is 0.919 bits per heavy atom. The number of fused-ring (bicyclic) bond motifs is 3. The normalized spacial score (nSPS) is 13.2. The fraction of sp³-hybridized carbons (Fsp3) is 0.148. The van der Waals surface area contributed by atoms with Gasteiger partial charge in [-0.1, -0.05) is 24.3 Å². The number of hydrogen-bond donors (Lipinski definition) is 2. The Morgan fingerprint density at radius 3 is 2.49 bits per heavy atom. The fourth-order valence-corrected chi connectivity index (χ4v) is 5.49. The van der Waals surface area contributed by atoms with E-state index in [9.17, 15) is 9.59 Å². The number of carbonyl (C=O) groups is 2. The first-order valence-corrected chi connectivity index (χ1v) is 12.8. The molecule has 2 heterocycles. The van der Waals surface area contributed by atoms with Gasteiger partial charge in [0.05, 0.1) is 17.3 Å². The van der Waals surface area contributed by atoms with Crippen molar-refractivity contribution >= 4 is 84.8 Å². The average molecular weight is 527 g/mol. The van der Waals surface area contributed by atoms with Gasteiger partial charge in [0.15, 0.2) is 5.11 Å². The maximum absolute atomic E-state index is 13.9. The van der Waals surface area contributed by atoms with Gasteiger partial charge in [-0.05, 0) is 73.5 Å². The van der Waals surface area contributed by atoms with E-state index in [0.29, 0.717) is 40.4 Å². The Kier molecular flexibility index (Phi) is 5.79. The lowest BCUT2D eigenvalue weighted by Gasteiger charge is -2.29. The lowest BCUT2D eigenvalue weighted by Crippen LogP contribution is -2.43. The molecular formula is C27H22N6O2S2. The van der Waals surface area contributed by atoms with Gasteiger partial charge in [0, 0.05) is 40.8 Å². The summed E-state index contributed by atoms with van der Waals surface area (Å²) < 4.78 is 8.51. The predicted molar refractivity (Wildman–Crippen MR) is 153 cm³/mol. The highest BCUT2D eigenvalue weighted by Crippen LogP contribution is 2.39. The minimum atomic E-state index is -0.296. The van der Waals surface area contributed by atoms with Crippen LogP contribution in [0.4, 0.5) is 11.4 Å². The van der Waals surface area contributed by atoms with Crippen LogP contribution in [0.2, 0.25) is 0 Å². The first-order valence-electron chi connectivity index (χ1n) is 11.7. The number of aromatic nitrogens is 2. The molecule has 1 aliphatic heterocycles. The number of benzene rings is 4. The van der Waals surface area contributed by atoms with Crippen molar-refractivity contribution in [3.8, 4) is 0 Å². The van der Waals surface area contributed by atoms with Gasteiger partial charge in [-0.25, -0.2) is 0 Å². The molecule has 4 aromatic carbocycles. The second-order valence-electron chi connectivity index (χ2n) is 9.17. The number of rotatable bonds is 5. The third kappa shape index (κ3) is 4.08. The van der Waals surface area contributed by atoms with Gasteiger partial charge in [0.25, 0.3) is 11.8 Å². The van der Waals surface area contributed by atoms with Crippen LogP contribution in [-0.2, 0) is 0 Å². The minimum absolute atomic E-state index is 0.265. The number of nitrogens with zero attached hydrogens (tertiary/aromatic N) is 4. The second-order valence-corrected chi connectivity index (χ2v) is 10.1. The third-order valence-corrected chi connectivity index (χ3v) is 7.23. The first-order chi connectivity index (χ1) is 17.9. The van der Waals surface area contributed by atoms with Crippen LogP contribution in [0.25, 0.3) is 32.6 Å². The van der Waals surface area contributed by atoms with E-state index < -0.39 is 0 Å². The molecule has 0 bridgehead atoms. The zero-order valence-corrected chi connectivity index (χ0v) is 21.7. The van der Waals surface area contributed by atoms with Crippen molar-refractivity contribution < 1.29 is 9.59 Å². The van der Waals surface area contributed by atoms with Gasteiger partial charge < -0.3 is 15.5 Å². The van der Waals surface area contributed by atoms with Gasteiger partial charge in [-0.15, -0.1) is 0 Å². The van der Waals surface area contributed by atoms with E-state index in [4.69, 9.17) is 12.2 Å². The molecule has 0 spiro atoms. The molecule has 0 aliphatic carbocycles. The number of anilines is 2. The van der Waals surface area contributed by atoms with Crippen LogP contribution in [0.1, 0.15) is 20.7 Å². The Labute approximate surface area is 222 Å². The fourth-order valence-electron chi connectivity index (χ4n) is 4.75. The smallest absolute Gasteiger partial charge is 0.262 e. The number of thiocarbonyl (C=S) groups is 1. The molecule has 2 N–H and O–H groups in total. The molecule has 0 radical (unpaired) electrons. The van der Waals surface area contributed by atoms with E-state index >= 15 is 0 Å². The molecule has 0 atom stereocenters. The van der Waals surface area contributed by atoms with Crippen molar-refractivity contribution in [3.05, 3.63) is 71.8 Å². The topological polar surface area (TPSA) is 90.5 Å². The van der Waals surface area contributed by atoms with Crippen LogP contribution in [0.5, 0.6) is 0 Å². The number of imide groups is 1. The lowest BCUT2D eigenvalue weighted by atomic mass is 9.89. The molecule has 10 heteroatoms. The van der Waals surface area contributed by atoms with E-state index in [-0.39, 0.29) is 11.8 Å². The Bertz CT molecular complexity index is 1750. The first kappa shape index (κ1) is 23.4. The van der Waals surface area contributed by atoms with Gasteiger partial charge >= 0.3 is 0 Å². The standard InChI is InChI=1S/C27H22N6O2S2/c1-32(2)11-12-33-25(34)18-7-3-5-15-13-16-6-4-8-20(23(16)24(22(15)18)26(33)35)29-27(36)28-17-9-10-19-21(14-17)31-37-30-19/h3-10,13-14H,11-12H2,1-2H3,(H2,28,29,36). The number of carbonyl (C=O) groups excluding carboxylic acids is 2. The van der Waals surface area contributed by atoms with Crippen molar-refractivity contribution in [2.24, 2.45) is 0 Å². The van der Waals surface area contributed by atoms with Crippen LogP contribution < -0.4 is 10.6 Å². The number of likely N-dealkylation sites (N-methyl/N-ethyl adjacent to an activating group) is 1. The molecule has 1 aliphatic rings. The van der Waals surface area contributed by atoms with E-state index in [0.717, 1.165) is 44.6 Å². The van der Waals surface area contributed by atoms with Crippen molar-refractivity contribution in [3.63, 3.8) is 0 Å². The molecule has 0 saturated carbocycles. The predicted octanol–water partition coefficient (Wildman–Crippen LogP) is 4.96. The summed E-state index contributed by atoms with van der Waals surface area (Å²) >= 11 is 6.79. The Hall–Kier alpha value is -3.99. The zero-order valence-electron chi connectivity index (χ0n) is 20.1. The molecule has 37 heavy (non-hydrogen) atoms. The SMILES string of the molecule is CN(C)CCN1C(=O)c2cccc3cc4cccc(NC(=S)Nc5ccc6nsnc6c5)c4c(c23)C1=O. The summed E-state index contributed by atoms with van der Waals surface area (Å²) in [6, 6.07) is 19.1. The second kappa shape index (κ2) is 9.15. The van der Waals surface area contributed by atoms with Gasteiger partial charge in [-0.2, -0.15) is 8.75 Å². The summed E-state index contributed by atoms with van der Waals surface area (Å²) in [6.07, 6.45) is 0. The molecule has 184 valence electrons. The summed E-state index contributed by atoms with van der Waals surface area (Å²) in [5.74, 6) is -0.561. The van der Waals surface area contributed by atoms with Crippen molar-refractivity contribution in [1.29, 1.82) is 0 Å². The van der Waals surface area contributed by atoms with E-state index in [1.165, 1.54) is 4.90 Å². The summed E-state index contributed by atoms with van der Waals surface area (Å²) in [5, 5.41) is 10.0. The van der Waals surface area contributed by atoms with E-state index in [1.54, 1.807) is 6.07 Å². The molecule has 1 aromatic heterocycles. The molecular weight excluding hydrogens is 504 g/mol. The monoisotopic (exact) mass is 526 g/mol. The highest BCUT2D eigenvalue weighted by molar-refractivity contribution is 7.80. The maximum Gasteiger partial charge on any atom is 0.262 e. The molecule has 0 fully saturated rings. The molecule has 2 amide bonds. The molecule has 0 unspecified atom stereocenters. The van der Waals surface area contributed by atoms with E-state index in [1.807, 2.05) is 73.6 Å². The Balaban J connectivity index is 1.44. The highest BCUT2D eigenvalue weighted by atomic mass is 32.1. The van der Waals surface area contributed by atoms with Crippen LogP contribution in [0, 0.1) is 0 Å². The van der Waals surface area contributed by atoms with Crippen LogP contribution in [-0.4, -0.2) is 62.7 Å². The third-order valence-electron chi connectivity index (χ3n) is 6.47. The number of hydrogen-bond acceptors (Lipinski definition) is 7. The summed E-state index contributed by atoms with van der Waals surface area (Å²) in [6.45, 7) is 0.881. The van der Waals surface area contributed by atoms with Gasteiger partial charge in [0.2, 0.25) is 0 Å². The summed E-state index contributed by atoms with van der Waals surface area (Å²) in [5.41, 5.74) is 4.14. The average Bonchev–Trinajstić information content (AvgIpc) is 3.34. The Morgan fingerprint density at radius 2 is 1.68 bits per heavy atom. The molecule has 6 rings (SSSR count). The zero-order chi connectivity index (χ0) is 25.7. The molecule has 8 nitrogen and oxygen atoms in total. The number of amides is 2. The largest absolute Gasteiger partial charge is 0.332 e. The van der Waals surface area contributed by atoms with Crippen molar-refractivity contribution in [2.75, 3.05) is 37.8 Å². The quantitative estimate of drug-likeness (QED) is 0.189. The van der Waals surface area contributed by atoms with Crippen LogP contribution in [0.15, 0.2) is 60.7 Å². The maximum atomic E-state index is 13.9. The lowest BCUT2D eigenvalue weighted by molar-refractivity contribution is 0.0602. The number of nitrogens with one attached hydrogen (secondary N) is 2. The summed E-state index contributed by atoms with van der Waals surface area (Å²) in [4.78, 5) is 30.5. The van der Waals surface area contributed by atoms with Gasteiger partial charge in [0.1, 0.15) is 11.0 Å². The summed E-state index contributed by atoms with van der Waals surface area (Å²) in [7, 11) is 3.84. The molecule has 0 saturated heterocycles. The highest BCUT2D eigenvalue weighted by Gasteiger charge is 2.34.